The number of nitrogens with one attached hydrogen (secondary N) is 1. The van der Waals surface area contributed by atoms with Crippen molar-refractivity contribution in [2.75, 3.05) is 26.8 Å². The number of rotatable bonds is 3. The molecule has 0 saturated carbocycles. The van der Waals surface area contributed by atoms with Gasteiger partial charge in [0.2, 0.25) is 0 Å². The van der Waals surface area contributed by atoms with Crippen molar-refractivity contribution in [3.05, 3.63) is 40.2 Å². The fraction of sp³-hybridized carbons (Fsp3) is 0.550. The highest BCUT2D eigenvalue weighted by atomic mass is 16.5. The molecule has 2 fully saturated rings. The number of H-pyrrole nitrogens is 1. The minimum atomic E-state index is -0.377. The van der Waals surface area contributed by atoms with Crippen LogP contribution in [0.1, 0.15) is 31.2 Å². The predicted octanol–water partition coefficient (Wildman–Crippen LogP) is 2.04. The summed E-state index contributed by atoms with van der Waals surface area (Å²) in [5.74, 6) is 0.777. The molecule has 2 aromatic rings. The molecule has 0 bridgehead atoms. The van der Waals surface area contributed by atoms with Crippen LogP contribution < -0.4 is 10.3 Å². The molecule has 2 aliphatic heterocycles. The minimum absolute atomic E-state index is 0.0445. The summed E-state index contributed by atoms with van der Waals surface area (Å²) in [5, 5.41) is 11.3. The molecule has 1 spiro atoms. The van der Waals surface area contributed by atoms with E-state index < -0.39 is 0 Å². The van der Waals surface area contributed by atoms with Crippen molar-refractivity contribution >= 4 is 10.9 Å². The first-order valence-electron chi connectivity index (χ1n) is 9.34. The number of fused-ring (bicyclic) bond motifs is 1. The summed E-state index contributed by atoms with van der Waals surface area (Å²) >= 11 is 0. The van der Waals surface area contributed by atoms with Crippen molar-refractivity contribution in [3.8, 4) is 5.75 Å². The van der Waals surface area contributed by atoms with Crippen molar-refractivity contribution in [2.45, 2.75) is 43.9 Å². The van der Waals surface area contributed by atoms with E-state index in [4.69, 9.17) is 9.47 Å². The quantitative estimate of drug-likeness (QED) is 0.878. The normalized spacial score (nSPS) is 23.4. The number of nitrogens with zero attached hydrogens (tertiary/aromatic N) is 1. The molecule has 1 aromatic carbocycles. The number of hydrogen-bond acceptors (Lipinski definition) is 5. The van der Waals surface area contributed by atoms with Crippen molar-refractivity contribution < 1.29 is 14.6 Å². The summed E-state index contributed by atoms with van der Waals surface area (Å²) < 4.78 is 11.2. The lowest BCUT2D eigenvalue weighted by atomic mass is 9.82. The third kappa shape index (κ3) is 3.24. The van der Waals surface area contributed by atoms with E-state index in [1.807, 2.05) is 24.3 Å². The molecule has 0 amide bonds. The highest BCUT2D eigenvalue weighted by Gasteiger charge is 2.43. The highest BCUT2D eigenvalue weighted by Crippen LogP contribution is 2.35. The van der Waals surface area contributed by atoms with Crippen LogP contribution in [-0.4, -0.2) is 53.5 Å². The van der Waals surface area contributed by atoms with E-state index in [1.165, 1.54) is 0 Å². The molecule has 0 aliphatic carbocycles. The standard InChI is InChI=1S/C20H26N2O4/c1-25-16-4-5-17-14(12-16)11-15(19(24)21-17)13-22-8-6-20(7-9-22)18(23)3-2-10-26-20/h4-5,11-12,18,23H,2-3,6-10,13H2,1H3,(H,21,24). The SMILES string of the molecule is COc1ccc2[nH]c(=O)c(CN3CCC4(CC3)OCCCC4O)cc2c1. The Hall–Kier alpha value is -1.89. The Morgan fingerprint density at radius 2 is 2.15 bits per heavy atom. The number of benzene rings is 1. The van der Waals surface area contributed by atoms with Crippen LogP contribution in [-0.2, 0) is 11.3 Å². The molecule has 3 heterocycles. The van der Waals surface area contributed by atoms with E-state index in [2.05, 4.69) is 9.88 Å². The number of aromatic nitrogens is 1. The molecule has 2 saturated heterocycles. The number of aliphatic hydroxyl groups is 1. The van der Waals surface area contributed by atoms with E-state index in [9.17, 15) is 9.90 Å². The summed E-state index contributed by atoms with van der Waals surface area (Å²) in [6, 6.07) is 7.60. The van der Waals surface area contributed by atoms with Gasteiger partial charge in [-0.1, -0.05) is 0 Å². The van der Waals surface area contributed by atoms with E-state index in [1.54, 1.807) is 7.11 Å². The third-order valence-electron chi connectivity index (χ3n) is 5.84. The van der Waals surface area contributed by atoms with Crippen LogP contribution in [0.25, 0.3) is 10.9 Å². The molecule has 1 atom stereocenters. The van der Waals surface area contributed by atoms with Gasteiger partial charge in [0.25, 0.3) is 5.56 Å². The second kappa shape index (κ2) is 7.02. The number of ether oxygens (including phenoxy) is 2. The maximum absolute atomic E-state index is 12.4. The summed E-state index contributed by atoms with van der Waals surface area (Å²) in [5.41, 5.74) is 1.15. The number of aliphatic hydroxyl groups excluding tert-OH is 1. The molecule has 1 unspecified atom stereocenters. The van der Waals surface area contributed by atoms with E-state index in [-0.39, 0.29) is 17.3 Å². The second-order valence-corrected chi connectivity index (χ2v) is 7.42. The van der Waals surface area contributed by atoms with Gasteiger partial charge < -0.3 is 19.6 Å². The van der Waals surface area contributed by atoms with Gasteiger partial charge in [-0.15, -0.1) is 0 Å². The Labute approximate surface area is 152 Å². The molecule has 140 valence electrons. The Bertz CT molecular complexity index is 839. The lowest BCUT2D eigenvalue weighted by Gasteiger charge is -2.46. The van der Waals surface area contributed by atoms with Gasteiger partial charge in [-0.05, 0) is 49.9 Å². The Balaban J connectivity index is 1.49. The molecule has 2 aliphatic rings. The molecular weight excluding hydrogens is 332 g/mol. The minimum Gasteiger partial charge on any atom is -0.497 e. The number of methoxy groups -OCH3 is 1. The Morgan fingerprint density at radius 3 is 2.88 bits per heavy atom. The van der Waals surface area contributed by atoms with E-state index >= 15 is 0 Å². The fourth-order valence-electron chi connectivity index (χ4n) is 4.19. The van der Waals surface area contributed by atoms with Gasteiger partial charge in [0.1, 0.15) is 5.75 Å². The summed E-state index contributed by atoms with van der Waals surface area (Å²) in [6.07, 6.45) is 3.02. The molecular formula is C20H26N2O4. The van der Waals surface area contributed by atoms with E-state index in [0.717, 1.165) is 67.6 Å². The van der Waals surface area contributed by atoms with Crippen LogP contribution >= 0.6 is 0 Å². The smallest absolute Gasteiger partial charge is 0.252 e. The molecule has 6 nitrogen and oxygen atoms in total. The van der Waals surface area contributed by atoms with Crippen LogP contribution in [0.3, 0.4) is 0 Å². The van der Waals surface area contributed by atoms with Gasteiger partial charge in [0, 0.05) is 42.7 Å². The number of likely N-dealkylation sites (tertiary alicyclic amines) is 1. The van der Waals surface area contributed by atoms with Crippen LogP contribution in [0.2, 0.25) is 0 Å². The number of aromatic amines is 1. The zero-order valence-electron chi connectivity index (χ0n) is 15.2. The van der Waals surface area contributed by atoms with E-state index in [0.29, 0.717) is 6.54 Å². The monoisotopic (exact) mass is 358 g/mol. The molecule has 6 heteroatoms. The van der Waals surface area contributed by atoms with Gasteiger partial charge >= 0.3 is 0 Å². The predicted molar refractivity (Wildman–Crippen MR) is 99.6 cm³/mol. The van der Waals surface area contributed by atoms with Crippen LogP contribution in [0, 0.1) is 0 Å². The molecule has 2 N–H and O–H groups in total. The van der Waals surface area contributed by atoms with Gasteiger partial charge in [-0.3, -0.25) is 9.69 Å². The number of pyridine rings is 1. The average molecular weight is 358 g/mol. The van der Waals surface area contributed by atoms with Crippen molar-refractivity contribution in [3.63, 3.8) is 0 Å². The van der Waals surface area contributed by atoms with Crippen LogP contribution in [0.5, 0.6) is 5.75 Å². The highest BCUT2D eigenvalue weighted by molar-refractivity contribution is 5.80. The van der Waals surface area contributed by atoms with Gasteiger partial charge in [-0.2, -0.15) is 0 Å². The number of piperidine rings is 1. The first-order chi connectivity index (χ1) is 12.6. The molecule has 1 aromatic heterocycles. The van der Waals surface area contributed by atoms with Gasteiger partial charge in [-0.25, -0.2) is 0 Å². The largest absolute Gasteiger partial charge is 0.497 e. The first kappa shape index (κ1) is 17.5. The van der Waals surface area contributed by atoms with Crippen molar-refractivity contribution in [1.82, 2.24) is 9.88 Å². The molecule has 26 heavy (non-hydrogen) atoms. The zero-order chi connectivity index (χ0) is 18.1. The maximum Gasteiger partial charge on any atom is 0.252 e. The first-order valence-corrected chi connectivity index (χ1v) is 9.34. The Morgan fingerprint density at radius 1 is 1.35 bits per heavy atom. The number of hydrogen-bond donors (Lipinski definition) is 2. The third-order valence-corrected chi connectivity index (χ3v) is 5.84. The van der Waals surface area contributed by atoms with Crippen LogP contribution in [0.4, 0.5) is 0 Å². The topological polar surface area (TPSA) is 74.8 Å². The lowest BCUT2D eigenvalue weighted by molar-refractivity contribution is -0.177. The van der Waals surface area contributed by atoms with Crippen LogP contribution in [0.15, 0.2) is 29.1 Å². The van der Waals surface area contributed by atoms with Gasteiger partial charge in [0.15, 0.2) is 0 Å². The summed E-state index contributed by atoms with van der Waals surface area (Å²) in [7, 11) is 1.64. The summed E-state index contributed by atoms with van der Waals surface area (Å²) in [6.45, 7) is 3.00. The zero-order valence-corrected chi connectivity index (χ0v) is 15.2. The maximum atomic E-state index is 12.4. The summed E-state index contributed by atoms with van der Waals surface area (Å²) in [4.78, 5) is 17.7. The van der Waals surface area contributed by atoms with Crippen molar-refractivity contribution in [2.24, 2.45) is 0 Å². The Kier molecular flexibility index (Phi) is 4.73. The lowest BCUT2D eigenvalue weighted by Crippen LogP contribution is -2.55. The van der Waals surface area contributed by atoms with Crippen molar-refractivity contribution in [1.29, 1.82) is 0 Å². The van der Waals surface area contributed by atoms with Gasteiger partial charge in [0.05, 0.1) is 18.8 Å². The molecule has 4 rings (SSSR count). The second-order valence-electron chi connectivity index (χ2n) is 7.42. The molecule has 0 radical (unpaired) electrons. The fourth-order valence-corrected chi connectivity index (χ4v) is 4.19. The average Bonchev–Trinajstić information content (AvgIpc) is 2.66.